The van der Waals surface area contributed by atoms with E-state index in [0.29, 0.717) is 6.54 Å². The van der Waals surface area contributed by atoms with Crippen LogP contribution in [0.3, 0.4) is 0 Å². The highest BCUT2D eigenvalue weighted by Crippen LogP contribution is 2.25. The van der Waals surface area contributed by atoms with Crippen LogP contribution in [0.1, 0.15) is 39.2 Å². The van der Waals surface area contributed by atoms with Gasteiger partial charge in [0.2, 0.25) is 0 Å². The molecular weight excluding hydrogens is 416 g/mol. The number of amides is 2. The number of carbonyl (C=O) groups excluding carboxylic acids is 1. The van der Waals surface area contributed by atoms with Crippen molar-refractivity contribution < 1.29 is 9.53 Å². The Balaban J connectivity index is 1.80. The van der Waals surface area contributed by atoms with Gasteiger partial charge in [-0.1, -0.05) is 48.0 Å². The van der Waals surface area contributed by atoms with E-state index in [-0.39, 0.29) is 11.4 Å². The molecule has 0 unspecified atom stereocenters. The first-order valence-corrected chi connectivity index (χ1v) is 10.2. The first-order valence-electron chi connectivity index (χ1n) is 9.41. The number of methoxy groups -OCH3 is 1. The number of anilines is 1. The zero-order valence-corrected chi connectivity index (χ0v) is 18.6. The summed E-state index contributed by atoms with van der Waals surface area (Å²) >= 11 is 3.39. The van der Waals surface area contributed by atoms with Crippen LogP contribution in [0.5, 0.6) is 5.75 Å². The second-order valence-corrected chi connectivity index (χ2v) is 8.55. The molecule has 0 fully saturated rings. The summed E-state index contributed by atoms with van der Waals surface area (Å²) in [6.07, 6.45) is 4.18. The highest BCUT2D eigenvalue weighted by Gasteiger charge is 2.18. The Labute approximate surface area is 176 Å². The normalized spacial score (nSPS) is 11.8. The van der Waals surface area contributed by atoms with Crippen LogP contribution in [-0.4, -0.2) is 19.7 Å². The maximum Gasteiger partial charge on any atom is 0.319 e. The molecule has 0 aliphatic carbocycles. The SMILES string of the molecule is COc1cccc(/C(C)=C/CCC(C)(C)CNC(=O)Nc2ccc(Br)cc2)c1. The zero-order valence-electron chi connectivity index (χ0n) is 17.0. The molecule has 28 heavy (non-hydrogen) atoms. The lowest BCUT2D eigenvalue weighted by atomic mass is 9.87. The molecular formula is C23H29BrN2O2. The number of carbonyl (C=O) groups is 1. The Morgan fingerprint density at radius 1 is 1.18 bits per heavy atom. The molecule has 2 amide bonds. The summed E-state index contributed by atoms with van der Waals surface area (Å²) in [5.41, 5.74) is 3.18. The summed E-state index contributed by atoms with van der Waals surface area (Å²) in [5, 5.41) is 5.83. The number of rotatable bonds is 8. The summed E-state index contributed by atoms with van der Waals surface area (Å²) in [6, 6.07) is 15.4. The van der Waals surface area contributed by atoms with Gasteiger partial charge in [-0.3, -0.25) is 0 Å². The molecule has 2 aromatic rings. The second-order valence-electron chi connectivity index (χ2n) is 7.64. The van der Waals surface area contributed by atoms with E-state index in [2.05, 4.69) is 59.5 Å². The van der Waals surface area contributed by atoms with Crippen molar-refractivity contribution in [3.63, 3.8) is 0 Å². The van der Waals surface area contributed by atoms with Crippen LogP contribution in [0.4, 0.5) is 10.5 Å². The number of benzene rings is 2. The van der Waals surface area contributed by atoms with E-state index >= 15 is 0 Å². The third-order valence-corrected chi connectivity index (χ3v) is 5.15. The van der Waals surface area contributed by atoms with Crippen molar-refractivity contribution >= 4 is 33.2 Å². The molecule has 150 valence electrons. The molecule has 2 rings (SSSR count). The minimum atomic E-state index is -0.182. The molecule has 0 saturated carbocycles. The average Bonchev–Trinajstić information content (AvgIpc) is 2.68. The topological polar surface area (TPSA) is 50.4 Å². The Bertz CT molecular complexity index is 814. The molecule has 4 nitrogen and oxygen atoms in total. The van der Waals surface area contributed by atoms with E-state index in [1.807, 2.05) is 42.5 Å². The molecule has 2 N–H and O–H groups in total. The minimum Gasteiger partial charge on any atom is -0.497 e. The number of urea groups is 1. The third kappa shape index (κ3) is 7.39. The maximum atomic E-state index is 12.1. The van der Waals surface area contributed by atoms with E-state index in [4.69, 9.17) is 4.74 Å². The van der Waals surface area contributed by atoms with Crippen molar-refractivity contribution in [1.82, 2.24) is 5.32 Å². The number of ether oxygens (including phenoxy) is 1. The molecule has 0 spiro atoms. The molecule has 0 radical (unpaired) electrons. The molecule has 0 aliphatic rings. The lowest BCUT2D eigenvalue weighted by Crippen LogP contribution is -2.36. The molecule has 0 aliphatic heterocycles. The molecule has 0 atom stereocenters. The van der Waals surface area contributed by atoms with Crippen molar-refractivity contribution in [2.75, 3.05) is 19.0 Å². The van der Waals surface area contributed by atoms with Gasteiger partial charge in [0, 0.05) is 16.7 Å². The highest BCUT2D eigenvalue weighted by atomic mass is 79.9. The van der Waals surface area contributed by atoms with Gasteiger partial charge in [0.25, 0.3) is 0 Å². The van der Waals surface area contributed by atoms with Crippen LogP contribution in [0.15, 0.2) is 59.1 Å². The lowest BCUT2D eigenvalue weighted by Gasteiger charge is -2.24. The smallest absolute Gasteiger partial charge is 0.319 e. The number of allylic oxidation sites excluding steroid dienone is 2. The summed E-state index contributed by atoms with van der Waals surface area (Å²) in [4.78, 5) is 12.1. The first kappa shape index (κ1) is 22.0. The van der Waals surface area contributed by atoms with Crippen LogP contribution in [0.25, 0.3) is 5.57 Å². The first-order chi connectivity index (χ1) is 13.3. The predicted molar refractivity (Wildman–Crippen MR) is 121 cm³/mol. The van der Waals surface area contributed by atoms with Crippen molar-refractivity contribution in [1.29, 1.82) is 0 Å². The molecule has 0 aromatic heterocycles. The molecule has 0 heterocycles. The predicted octanol–water partition coefficient (Wildman–Crippen LogP) is 6.49. The quantitative estimate of drug-likeness (QED) is 0.488. The Hall–Kier alpha value is -2.27. The molecule has 0 bridgehead atoms. The van der Waals surface area contributed by atoms with Gasteiger partial charge in [-0.25, -0.2) is 4.79 Å². The van der Waals surface area contributed by atoms with Gasteiger partial charge in [-0.2, -0.15) is 0 Å². The van der Waals surface area contributed by atoms with Crippen molar-refractivity contribution in [3.8, 4) is 5.75 Å². The maximum absolute atomic E-state index is 12.1. The zero-order chi connectivity index (χ0) is 20.6. The summed E-state index contributed by atoms with van der Waals surface area (Å²) in [6.45, 7) is 7.07. The molecule has 5 heteroatoms. The number of nitrogens with one attached hydrogen (secondary N) is 2. The van der Waals surface area contributed by atoms with Gasteiger partial charge in [0.05, 0.1) is 7.11 Å². The number of hydrogen-bond acceptors (Lipinski definition) is 2. The van der Waals surface area contributed by atoms with E-state index < -0.39 is 0 Å². The van der Waals surface area contributed by atoms with E-state index in [1.165, 1.54) is 11.1 Å². The van der Waals surface area contributed by atoms with Crippen LogP contribution in [-0.2, 0) is 0 Å². The van der Waals surface area contributed by atoms with Gasteiger partial charge < -0.3 is 15.4 Å². The fourth-order valence-corrected chi connectivity index (χ4v) is 3.05. The van der Waals surface area contributed by atoms with Gasteiger partial charge >= 0.3 is 6.03 Å². The average molecular weight is 445 g/mol. The van der Waals surface area contributed by atoms with E-state index in [1.54, 1.807) is 7.11 Å². The van der Waals surface area contributed by atoms with E-state index in [9.17, 15) is 4.79 Å². The van der Waals surface area contributed by atoms with Gasteiger partial charge in [0.15, 0.2) is 0 Å². The van der Waals surface area contributed by atoms with Crippen molar-refractivity contribution in [3.05, 3.63) is 64.6 Å². The largest absolute Gasteiger partial charge is 0.497 e. The van der Waals surface area contributed by atoms with Crippen molar-refractivity contribution in [2.24, 2.45) is 5.41 Å². The van der Waals surface area contributed by atoms with Crippen LogP contribution in [0, 0.1) is 5.41 Å². The second kappa shape index (κ2) is 10.3. The third-order valence-electron chi connectivity index (χ3n) is 4.63. The van der Waals surface area contributed by atoms with Crippen LogP contribution < -0.4 is 15.4 Å². The van der Waals surface area contributed by atoms with Crippen LogP contribution >= 0.6 is 15.9 Å². The highest BCUT2D eigenvalue weighted by molar-refractivity contribution is 9.10. The van der Waals surface area contributed by atoms with Gasteiger partial charge in [-0.05, 0) is 72.7 Å². The standard InChI is InChI=1S/C23H29BrN2O2/c1-17(18-8-5-9-21(15-18)28-4)7-6-14-23(2,3)16-25-22(27)26-20-12-10-19(24)11-13-20/h5,7-13,15H,6,14,16H2,1-4H3,(H2,25,26,27)/b17-7+. The summed E-state index contributed by atoms with van der Waals surface area (Å²) in [7, 11) is 1.68. The Morgan fingerprint density at radius 2 is 1.89 bits per heavy atom. The lowest BCUT2D eigenvalue weighted by molar-refractivity contribution is 0.243. The fraction of sp³-hybridized carbons (Fsp3) is 0.348. The number of halogens is 1. The Morgan fingerprint density at radius 3 is 2.57 bits per heavy atom. The summed E-state index contributed by atoms with van der Waals surface area (Å²) < 4.78 is 6.27. The molecule has 0 saturated heterocycles. The van der Waals surface area contributed by atoms with Gasteiger partial charge in [-0.15, -0.1) is 0 Å². The van der Waals surface area contributed by atoms with Crippen molar-refractivity contribution in [2.45, 2.75) is 33.6 Å². The molecule has 2 aromatic carbocycles. The monoisotopic (exact) mass is 444 g/mol. The fourth-order valence-electron chi connectivity index (χ4n) is 2.78. The number of hydrogen-bond donors (Lipinski definition) is 2. The Kier molecular flexibility index (Phi) is 8.12. The minimum absolute atomic E-state index is 0.00220. The van der Waals surface area contributed by atoms with Crippen LogP contribution in [0.2, 0.25) is 0 Å². The van der Waals surface area contributed by atoms with Gasteiger partial charge in [0.1, 0.15) is 5.75 Å². The summed E-state index contributed by atoms with van der Waals surface area (Å²) in [5.74, 6) is 0.867. The van der Waals surface area contributed by atoms with E-state index in [0.717, 1.165) is 28.8 Å².